The predicted molar refractivity (Wildman–Crippen MR) is 73.5 cm³/mol. The Morgan fingerprint density at radius 2 is 1.58 bits per heavy atom. The van der Waals surface area contributed by atoms with E-state index in [1.165, 1.54) is 6.08 Å². The molecular formula is C16H10N2O. The molecule has 19 heavy (non-hydrogen) atoms. The Labute approximate surface area is 110 Å². The molecule has 1 heterocycles. The van der Waals surface area contributed by atoms with Crippen LogP contribution in [-0.4, -0.2) is 5.91 Å². The van der Waals surface area contributed by atoms with Crippen molar-refractivity contribution in [3.8, 4) is 6.07 Å². The van der Waals surface area contributed by atoms with E-state index < -0.39 is 0 Å². The smallest absolute Gasteiger partial charge is 0.256 e. The molecular weight excluding hydrogens is 236 g/mol. The molecule has 0 spiro atoms. The van der Waals surface area contributed by atoms with Gasteiger partial charge in [-0.25, -0.2) is 0 Å². The maximum absolute atomic E-state index is 12.2. The Morgan fingerprint density at radius 1 is 0.947 bits per heavy atom. The van der Waals surface area contributed by atoms with Gasteiger partial charge in [-0.1, -0.05) is 36.4 Å². The number of hydrogen-bond donors (Lipinski definition) is 1. The van der Waals surface area contributed by atoms with Crippen molar-refractivity contribution in [2.24, 2.45) is 0 Å². The Bertz CT molecular complexity index is 738. The lowest BCUT2D eigenvalue weighted by molar-refractivity contribution is 0.102. The molecule has 1 aliphatic heterocycles. The molecule has 0 saturated carbocycles. The van der Waals surface area contributed by atoms with Gasteiger partial charge in [0.1, 0.15) is 0 Å². The highest BCUT2D eigenvalue weighted by Crippen LogP contribution is 2.34. The molecule has 0 radical (unpaired) electrons. The summed E-state index contributed by atoms with van der Waals surface area (Å²) in [4.78, 5) is 12.2. The molecule has 2 aromatic rings. The number of carbonyl (C=O) groups excluding carboxylic acids is 1. The van der Waals surface area contributed by atoms with Crippen molar-refractivity contribution in [2.75, 3.05) is 5.32 Å². The molecule has 1 N–H and O–H groups in total. The average Bonchev–Trinajstić information content (AvgIpc) is 2.56. The van der Waals surface area contributed by atoms with Gasteiger partial charge in [-0.3, -0.25) is 4.79 Å². The topological polar surface area (TPSA) is 52.9 Å². The van der Waals surface area contributed by atoms with Crippen molar-refractivity contribution in [1.29, 1.82) is 5.26 Å². The van der Waals surface area contributed by atoms with E-state index in [1.54, 1.807) is 6.07 Å². The second kappa shape index (κ2) is 4.43. The third kappa shape index (κ3) is 1.80. The molecule has 0 unspecified atom stereocenters. The lowest BCUT2D eigenvalue weighted by atomic mass is 9.94. The van der Waals surface area contributed by atoms with Crippen LogP contribution in [-0.2, 0) is 0 Å². The van der Waals surface area contributed by atoms with Crippen molar-refractivity contribution in [3.63, 3.8) is 0 Å². The summed E-state index contributed by atoms with van der Waals surface area (Å²) in [6.07, 6.45) is 1.48. The van der Waals surface area contributed by atoms with Gasteiger partial charge in [0.2, 0.25) is 0 Å². The lowest BCUT2D eigenvalue weighted by Crippen LogP contribution is -2.11. The molecule has 0 bridgehead atoms. The molecule has 3 rings (SSSR count). The number of para-hydroxylation sites is 1. The highest BCUT2D eigenvalue weighted by atomic mass is 16.1. The Balaban J connectivity index is 2.36. The van der Waals surface area contributed by atoms with Crippen LogP contribution >= 0.6 is 0 Å². The van der Waals surface area contributed by atoms with Gasteiger partial charge in [0.25, 0.3) is 5.91 Å². The van der Waals surface area contributed by atoms with Crippen molar-refractivity contribution < 1.29 is 4.79 Å². The van der Waals surface area contributed by atoms with Gasteiger partial charge in [0.15, 0.2) is 0 Å². The van der Waals surface area contributed by atoms with Crippen molar-refractivity contribution >= 4 is 17.2 Å². The molecule has 3 nitrogen and oxygen atoms in total. The minimum absolute atomic E-state index is 0.149. The maximum atomic E-state index is 12.2. The highest BCUT2D eigenvalue weighted by molar-refractivity contribution is 6.12. The van der Waals surface area contributed by atoms with Gasteiger partial charge >= 0.3 is 0 Å². The first-order chi connectivity index (χ1) is 9.31. The van der Waals surface area contributed by atoms with E-state index >= 15 is 0 Å². The standard InChI is InChI=1S/C16H10N2O/c17-10-9-12-11-5-1-2-7-14(11)16(19)18-15-8-4-3-6-13(12)15/h1-9H,(H,18,19)/b12-9+. The van der Waals surface area contributed by atoms with E-state index in [9.17, 15) is 4.79 Å². The zero-order valence-electron chi connectivity index (χ0n) is 10.1. The number of nitriles is 1. The number of allylic oxidation sites excluding steroid dienone is 1. The highest BCUT2D eigenvalue weighted by Gasteiger charge is 2.22. The van der Waals surface area contributed by atoms with Crippen LogP contribution in [0.4, 0.5) is 5.69 Å². The number of nitrogens with one attached hydrogen (secondary N) is 1. The summed E-state index contributed by atoms with van der Waals surface area (Å²) in [5.41, 5.74) is 3.73. The average molecular weight is 246 g/mol. The monoisotopic (exact) mass is 246 g/mol. The summed E-state index contributed by atoms with van der Waals surface area (Å²) < 4.78 is 0. The fourth-order valence-corrected chi connectivity index (χ4v) is 2.30. The Hall–Kier alpha value is -2.86. The molecule has 0 fully saturated rings. The van der Waals surface area contributed by atoms with E-state index in [1.807, 2.05) is 42.5 Å². The van der Waals surface area contributed by atoms with Gasteiger partial charge in [-0.2, -0.15) is 5.26 Å². The number of amides is 1. The molecule has 0 aliphatic carbocycles. The van der Waals surface area contributed by atoms with Gasteiger partial charge in [0.05, 0.1) is 6.07 Å². The Kier molecular flexibility index (Phi) is 2.62. The SMILES string of the molecule is N#C/C=C1/c2ccccc2NC(=O)c2ccccc21. The fraction of sp³-hybridized carbons (Fsp3) is 0. The van der Waals surface area contributed by atoms with Crippen LogP contribution in [0.5, 0.6) is 0 Å². The summed E-state index contributed by atoms with van der Waals surface area (Å²) in [7, 11) is 0. The van der Waals surface area contributed by atoms with Crippen LogP contribution < -0.4 is 5.32 Å². The molecule has 90 valence electrons. The minimum atomic E-state index is -0.149. The third-order valence-electron chi connectivity index (χ3n) is 3.14. The largest absolute Gasteiger partial charge is 0.321 e. The summed E-state index contributed by atoms with van der Waals surface area (Å²) in [5, 5.41) is 11.9. The molecule has 1 amide bonds. The predicted octanol–water partition coefficient (Wildman–Crippen LogP) is 3.21. The number of nitrogens with zero attached hydrogens (tertiary/aromatic N) is 1. The first-order valence-corrected chi connectivity index (χ1v) is 5.91. The summed E-state index contributed by atoms with van der Waals surface area (Å²) in [6, 6.07) is 16.9. The lowest BCUT2D eigenvalue weighted by Gasteiger charge is -2.08. The zero-order valence-corrected chi connectivity index (χ0v) is 10.1. The van der Waals surface area contributed by atoms with E-state index in [2.05, 4.69) is 11.4 Å². The number of benzene rings is 2. The van der Waals surface area contributed by atoms with E-state index in [-0.39, 0.29) is 5.91 Å². The minimum Gasteiger partial charge on any atom is -0.321 e. The van der Waals surface area contributed by atoms with Crippen LogP contribution in [0.3, 0.4) is 0 Å². The number of hydrogen-bond acceptors (Lipinski definition) is 2. The molecule has 0 saturated heterocycles. The first-order valence-electron chi connectivity index (χ1n) is 5.91. The second-order valence-electron chi connectivity index (χ2n) is 4.23. The first kappa shape index (κ1) is 11.2. The number of fused-ring (bicyclic) bond motifs is 2. The summed E-state index contributed by atoms with van der Waals surface area (Å²) in [6.45, 7) is 0. The van der Waals surface area contributed by atoms with Crippen LogP contribution in [0.15, 0.2) is 54.6 Å². The van der Waals surface area contributed by atoms with Crippen molar-refractivity contribution in [1.82, 2.24) is 0 Å². The molecule has 1 aliphatic rings. The molecule has 2 aromatic carbocycles. The number of carbonyl (C=O) groups is 1. The quantitative estimate of drug-likeness (QED) is 0.726. The molecule has 3 heteroatoms. The van der Waals surface area contributed by atoms with Crippen LogP contribution in [0.1, 0.15) is 21.5 Å². The van der Waals surface area contributed by atoms with Gasteiger partial charge < -0.3 is 5.32 Å². The molecule has 0 aromatic heterocycles. The maximum Gasteiger partial charge on any atom is 0.256 e. The zero-order chi connectivity index (χ0) is 13.2. The van der Waals surface area contributed by atoms with Crippen molar-refractivity contribution in [2.45, 2.75) is 0 Å². The summed E-state index contributed by atoms with van der Waals surface area (Å²) >= 11 is 0. The van der Waals surface area contributed by atoms with E-state index in [0.717, 1.165) is 22.4 Å². The van der Waals surface area contributed by atoms with E-state index in [4.69, 9.17) is 5.26 Å². The Morgan fingerprint density at radius 3 is 2.32 bits per heavy atom. The number of rotatable bonds is 0. The van der Waals surface area contributed by atoms with Gasteiger partial charge in [-0.05, 0) is 17.7 Å². The molecule has 0 atom stereocenters. The summed E-state index contributed by atoms with van der Waals surface area (Å²) in [5.74, 6) is -0.149. The van der Waals surface area contributed by atoms with Crippen LogP contribution in [0.25, 0.3) is 5.57 Å². The van der Waals surface area contributed by atoms with Gasteiger partial charge in [0, 0.05) is 28.5 Å². The van der Waals surface area contributed by atoms with Crippen LogP contribution in [0.2, 0.25) is 0 Å². The number of anilines is 1. The normalized spacial score (nSPS) is 14.9. The van der Waals surface area contributed by atoms with Gasteiger partial charge in [-0.15, -0.1) is 0 Å². The van der Waals surface area contributed by atoms with Crippen molar-refractivity contribution in [3.05, 3.63) is 71.3 Å². The van der Waals surface area contributed by atoms with E-state index in [0.29, 0.717) is 5.56 Å². The van der Waals surface area contributed by atoms with Crippen LogP contribution in [0, 0.1) is 11.3 Å². The second-order valence-corrected chi connectivity index (χ2v) is 4.23. The fourth-order valence-electron chi connectivity index (χ4n) is 2.30. The third-order valence-corrected chi connectivity index (χ3v) is 3.14.